The van der Waals surface area contributed by atoms with E-state index in [1.807, 2.05) is 0 Å². The molecule has 1 heterocycles. The van der Waals surface area contributed by atoms with Crippen molar-refractivity contribution in [3.63, 3.8) is 0 Å². The van der Waals surface area contributed by atoms with Crippen LogP contribution < -0.4 is 10.1 Å². The SMILES string of the molecule is CCOC(=O)C1(C)CCC(=O)Nc2cccc(OC)c21. The first-order chi connectivity index (χ1) is 9.52. The third-order valence-corrected chi connectivity index (χ3v) is 3.65. The van der Waals surface area contributed by atoms with E-state index < -0.39 is 5.41 Å². The number of fused-ring (bicyclic) bond motifs is 1. The van der Waals surface area contributed by atoms with Gasteiger partial charge in [0.15, 0.2) is 0 Å². The topological polar surface area (TPSA) is 64.6 Å². The van der Waals surface area contributed by atoms with E-state index in [2.05, 4.69) is 5.32 Å². The molecular formula is C15H19NO4. The summed E-state index contributed by atoms with van der Waals surface area (Å²) in [5.74, 6) is 0.148. The standard InChI is InChI=1S/C15H19NO4/c1-4-20-14(18)15(2)9-8-12(17)16-10-6-5-7-11(19-3)13(10)15/h5-7H,4,8-9H2,1-3H3,(H,16,17). The van der Waals surface area contributed by atoms with Crippen molar-refractivity contribution in [1.29, 1.82) is 0 Å². The number of hydrogen-bond acceptors (Lipinski definition) is 4. The van der Waals surface area contributed by atoms with Crippen molar-refractivity contribution in [3.05, 3.63) is 23.8 Å². The van der Waals surface area contributed by atoms with Crippen LogP contribution in [0.3, 0.4) is 0 Å². The van der Waals surface area contributed by atoms with Gasteiger partial charge in [0, 0.05) is 17.7 Å². The number of ether oxygens (including phenoxy) is 2. The van der Waals surface area contributed by atoms with Gasteiger partial charge in [0.1, 0.15) is 5.75 Å². The van der Waals surface area contributed by atoms with Gasteiger partial charge in [-0.3, -0.25) is 9.59 Å². The molecule has 1 aromatic carbocycles. The van der Waals surface area contributed by atoms with Crippen LogP contribution in [-0.4, -0.2) is 25.6 Å². The molecule has 0 saturated carbocycles. The number of methoxy groups -OCH3 is 1. The van der Waals surface area contributed by atoms with Crippen LogP contribution in [0.2, 0.25) is 0 Å². The number of benzene rings is 1. The average Bonchev–Trinajstić information content (AvgIpc) is 2.57. The molecule has 0 radical (unpaired) electrons. The molecule has 0 spiro atoms. The fraction of sp³-hybridized carbons (Fsp3) is 0.467. The van der Waals surface area contributed by atoms with Gasteiger partial charge in [-0.1, -0.05) is 6.07 Å². The molecule has 5 heteroatoms. The van der Waals surface area contributed by atoms with E-state index in [-0.39, 0.29) is 18.3 Å². The summed E-state index contributed by atoms with van der Waals surface area (Å²) in [4.78, 5) is 24.2. The lowest BCUT2D eigenvalue weighted by Crippen LogP contribution is -2.34. The van der Waals surface area contributed by atoms with Gasteiger partial charge in [0.05, 0.1) is 19.1 Å². The van der Waals surface area contributed by atoms with Crippen LogP contribution in [0, 0.1) is 0 Å². The zero-order valence-electron chi connectivity index (χ0n) is 12.0. The molecule has 1 atom stereocenters. The Kier molecular flexibility index (Phi) is 3.97. The van der Waals surface area contributed by atoms with Crippen molar-refractivity contribution in [2.24, 2.45) is 0 Å². The van der Waals surface area contributed by atoms with Crippen LogP contribution in [0.4, 0.5) is 5.69 Å². The first-order valence-electron chi connectivity index (χ1n) is 6.67. The largest absolute Gasteiger partial charge is 0.496 e. The molecule has 0 fully saturated rings. The monoisotopic (exact) mass is 277 g/mol. The second-order valence-electron chi connectivity index (χ2n) is 4.98. The molecular weight excluding hydrogens is 258 g/mol. The third-order valence-electron chi connectivity index (χ3n) is 3.65. The number of carbonyl (C=O) groups excluding carboxylic acids is 2. The predicted molar refractivity (Wildman–Crippen MR) is 74.8 cm³/mol. The number of esters is 1. The van der Waals surface area contributed by atoms with Crippen molar-refractivity contribution in [1.82, 2.24) is 0 Å². The van der Waals surface area contributed by atoms with E-state index in [9.17, 15) is 9.59 Å². The van der Waals surface area contributed by atoms with E-state index in [1.165, 1.54) is 0 Å². The highest BCUT2D eigenvalue weighted by atomic mass is 16.5. The Balaban J connectivity index is 2.60. The molecule has 108 valence electrons. The number of carbonyl (C=O) groups is 2. The Hall–Kier alpha value is -2.04. The highest BCUT2D eigenvalue weighted by Gasteiger charge is 2.43. The fourth-order valence-corrected chi connectivity index (χ4v) is 2.57. The van der Waals surface area contributed by atoms with Gasteiger partial charge in [-0.15, -0.1) is 0 Å². The van der Waals surface area contributed by atoms with Crippen molar-refractivity contribution in [2.75, 3.05) is 19.0 Å². The summed E-state index contributed by atoms with van der Waals surface area (Å²) in [6, 6.07) is 5.35. The van der Waals surface area contributed by atoms with Crippen molar-refractivity contribution in [3.8, 4) is 5.75 Å². The predicted octanol–water partition coefficient (Wildman–Crippen LogP) is 2.25. The second kappa shape index (κ2) is 5.53. The highest BCUT2D eigenvalue weighted by Crippen LogP contribution is 2.43. The molecule has 1 aliphatic rings. The normalized spacial score (nSPS) is 21.4. The molecule has 1 N–H and O–H groups in total. The molecule has 20 heavy (non-hydrogen) atoms. The van der Waals surface area contributed by atoms with Gasteiger partial charge in [-0.25, -0.2) is 0 Å². The van der Waals surface area contributed by atoms with Crippen LogP contribution in [0.25, 0.3) is 0 Å². The van der Waals surface area contributed by atoms with Gasteiger partial charge in [0.2, 0.25) is 5.91 Å². The van der Waals surface area contributed by atoms with Crippen molar-refractivity contribution >= 4 is 17.6 Å². The minimum absolute atomic E-state index is 0.104. The third kappa shape index (κ3) is 2.35. The van der Waals surface area contributed by atoms with E-state index in [0.29, 0.717) is 30.0 Å². The van der Waals surface area contributed by atoms with Crippen LogP contribution in [-0.2, 0) is 19.7 Å². The highest BCUT2D eigenvalue weighted by molar-refractivity contribution is 5.97. The smallest absolute Gasteiger partial charge is 0.316 e. The van der Waals surface area contributed by atoms with E-state index in [1.54, 1.807) is 39.2 Å². The maximum Gasteiger partial charge on any atom is 0.316 e. The Morgan fingerprint density at radius 2 is 2.20 bits per heavy atom. The summed E-state index contributed by atoms with van der Waals surface area (Å²) in [7, 11) is 1.55. The Labute approximate surface area is 118 Å². The number of anilines is 1. The molecule has 0 aromatic heterocycles. The lowest BCUT2D eigenvalue weighted by molar-refractivity contribution is -0.149. The minimum Gasteiger partial charge on any atom is -0.496 e. The first-order valence-corrected chi connectivity index (χ1v) is 6.67. The molecule has 1 aliphatic heterocycles. The summed E-state index contributed by atoms with van der Waals surface area (Å²) in [6.07, 6.45) is 0.665. The first kappa shape index (κ1) is 14.4. The number of amides is 1. The maximum atomic E-state index is 12.4. The Bertz CT molecular complexity index is 541. The zero-order chi connectivity index (χ0) is 14.8. The summed E-state index contributed by atoms with van der Waals surface area (Å²) >= 11 is 0. The van der Waals surface area contributed by atoms with Gasteiger partial charge in [0.25, 0.3) is 0 Å². The second-order valence-corrected chi connectivity index (χ2v) is 4.98. The van der Waals surface area contributed by atoms with E-state index in [4.69, 9.17) is 9.47 Å². The summed E-state index contributed by atoms with van der Waals surface area (Å²) in [5, 5.41) is 2.82. The quantitative estimate of drug-likeness (QED) is 0.861. The average molecular weight is 277 g/mol. The van der Waals surface area contributed by atoms with Gasteiger partial charge in [-0.2, -0.15) is 0 Å². The zero-order valence-corrected chi connectivity index (χ0v) is 12.0. The summed E-state index contributed by atoms with van der Waals surface area (Å²) in [5.41, 5.74) is 0.408. The van der Waals surface area contributed by atoms with Crippen LogP contribution in [0.15, 0.2) is 18.2 Å². The van der Waals surface area contributed by atoms with Crippen molar-refractivity contribution < 1.29 is 19.1 Å². The molecule has 1 amide bonds. The van der Waals surface area contributed by atoms with E-state index in [0.717, 1.165) is 0 Å². The molecule has 2 rings (SSSR count). The van der Waals surface area contributed by atoms with Gasteiger partial charge >= 0.3 is 5.97 Å². The van der Waals surface area contributed by atoms with Crippen LogP contribution in [0.1, 0.15) is 32.3 Å². The number of rotatable bonds is 3. The molecule has 0 aliphatic carbocycles. The summed E-state index contributed by atoms with van der Waals surface area (Å²) < 4.78 is 10.6. The molecule has 1 unspecified atom stereocenters. The van der Waals surface area contributed by atoms with Gasteiger partial charge in [-0.05, 0) is 32.4 Å². The van der Waals surface area contributed by atoms with Crippen molar-refractivity contribution in [2.45, 2.75) is 32.1 Å². The maximum absolute atomic E-state index is 12.4. The lowest BCUT2D eigenvalue weighted by atomic mass is 9.78. The fourth-order valence-electron chi connectivity index (χ4n) is 2.57. The minimum atomic E-state index is -0.892. The molecule has 1 aromatic rings. The van der Waals surface area contributed by atoms with E-state index >= 15 is 0 Å². The van der Waals surface area contributed by atoms with Crippen LogP contribution >= 0.6 is 0 Å². The van der Waals surface area contributed by atoms with Gasteiger partial charge < -0.3 is 14.8 Å². The molecule has 0 saturated heterocycles. The molecule has 5 nitrogen and oxygen atoms in total. The summed E-state index contributed by atoms with van der Waals surface area (Å²) in [6.45, 7) is 3.87. The lowest BCUT2D eigenvalue weighted by Gasteiger charge is -2.28. The Morgan fingerprint density at radius 3 is 2.85 bits per heavy atom. The Morgan fingerprint density at radius 1 is 1.45 bits per heavy atom. The van der Waals surface area contributed by atoms with Crippen LogP contribution in [0.5, 0.6) is 5.75 Å². The number of nitrogens with one attached hydrogen (secondary N) is 1. The number of hydrogen-bond donors (Lipinski definition) is 1. The molecule has 0 bridgehead atoms.